The van der Waals surface area contributed by atoms with Crippen LogP contribution < -0.4 is 0 Å². The third-order valence-corrected chi connectivity index (χ3v) is 8.50. The molecule has 166 valence electrons. The second-order valence-electron chi connectivity index (χ2n) is 9.71. The fraction of sp³-hybridized carbons (Fsp3) is 0.333. The van der Waals surface area contributed by atoms with Gasteiger partial charge in [-0.3, -0.25) is 0 Å². The van der Waals surface area contributed by atoms with Crippen molar-refractivity contribution in [2.45, 2.75) is 61.5 Å². The molecule has 0 amide bonds. The number of rotatable bonds is 6. The number of carbonyl (C=O) groups is 1. The normalized spacial score (nSPS) is 16.8. The van der Waals surface area contributed by atoms with Gasteiger partial charge in [0.2, 0.25) is 0 Å². The minimum Gasteiger partial charge on any atom is -0.478 e. The van der Waals surface area contributed by atoms with Gasteiger partial charge in [-0.15, -0.1) is 11.3 Å². The van der Waals surface area contributed by atoms with Gasteiger partial charge < -0.3 is 5.11 Å². The van der Waals surface area contributed by atoms with E-state index in [2.05, 4.69) is 57.0 Å². The van der Waals surface area contributed by atoms with Crippen molar-refractivity contribution in [3.8, 4) is 0 Å². The monoisotopic (exact) mass is 463 g/mol. The summed E-state index contributed by atoms with van der Waals surface area (Å²) in [6.45, 7) is 9.42. The predicted octanol–water partition coefficient (Wildman–Crippen LogP) is 7.65. The lowest BCUT2D eigenvalue weighted by molar-refractivity contribution is 0.0697. The molecule has 0 spiro atoms. The van der Waals surface area contributed by atoms with Gasteiger partial charge in [-0.1, -0.05) is 75.9 Å². The van der Waals surface area contributed by atoms with E-state index in [9.17, 15) is 4.79 Å². The second kappa shape index (κ2) is 8.87. The predicted molar refractivity (Wildman–Crippen MR) is 136 cm³/mol. The summed E-state index contributed by atoms with van der Waals surface area (Å²) < 4.78 is 1.08. The van der Waals surface area contributed by atoms with Gasteiger partial charge in [0.15, 0.2) is 0 Å². The molecule has 1 heterocycles. The minimum atomic E-state index is -0.901. The second-order valence-corrected chi connectivity index (χ2v) is 11.8. The topological polar surface area (TPSA) is 50.2 Å². The van der Waals surface area contributed by atoms with Gasteiger partial charge in [-0.25, -0.2) is 9.78 Å². The molecule has 4 rings (SSSR count). The standard InChI is InChI=1S/C27H29NO2S2/c1-26(2)11-12-27(3,4)23-16-21(17-32-25-28-13-14-31-25)20(15-22(23)26)10-7-18-5-8-19(9-6-18)24(29)30/h5-10,13-16H,11-12,17H2,1-4H3,(H,29,30). The third kappa shape index (κ3) is 4.84. The number of hydrogen-bond acceptors (Lipinski definition) is 4. The third-order valence-electron chi connectivity index (χ3n) is 6.49. The Labute approximate surface area is 198 Å². The molecule has 1 aliphatic rings. The zero-order valence-corrected chi connectivity index (χ0v) is 20.6. The Balaban J connectivity index is 1.73. The molecule has 0 aliphatic heterocycles. The van der Waals surface area contributed by atoms with Crippen molar-refractivity contribution in [2.24, 2.45) is 0 Å². The summed E-state index contributed by atoms with van der Waals surface area (Å²) in [5.41, 5.74) is 7.06. The molecule has 0 atom stereocenters. The summed E-state index contributed by atoms with van der Waals surface area (Å²) in [5, 5.41) is 11.2. The molecular formula is C27H29NO2S2. The Morgan fingerprint density at radius 1 is 1.06 bits per heavy atom. The Morgan fingerprint density at radius 3 is 2.31 bits per heavy atom. The molecule has 1 aliphatic carbocycles. The lowest BCUT2D eigenvalue weighted by Crippen LogP contribution is -2.34. The Hall–Kier alpha value is -2.37. The molecule has 32 heavy (non-hydrogen) atoms. The van der Waals surface area contributed by atoms with Crippen LogP contribution in [0.5, 0.6) is 0 Å². The van der Waals surface area contributed by atoms with Crippen molar-refractivity contribution in [1.82, 2.24) is 4.98 Å². The number of carboxylic acids is 1. The van der Waals surface area contributed by atoms with E-state index in [4.69, 9.17) is 5.11 Å². The molecule has 2 aromatic carbocycles. The highest BCUT2D eigenvalue weighted by Crippen LogP contribution is 2.47. The summed E-state index contributed by atoms with van der Waals surface area (Å²) >= 11 is 3.46. The summed E-state index contributed by atoms with van der Waals surface area (Å²) in [5.74, 6) is -0.0314. The molecule has 0 unspecified atom stereocenters. The van der Waals surface area contributed by atoms with Crippen LogP contribution in [0.15, 0.2) is 52.3 Å². The molecule has 3 aromatic rings. The Kier molecular flexibility index (Phi) is 6.33. The van der Waals surface area contributed by atoms with Crippen molar-refractivity contribution in [3.05, 3.63) is 81.4 Å². The van der Waals surface area contributed by atoms with E-state index in [-0.39, 0.29) is 10.8 Å². The van der Waals surface area contributed by atoms with Crippen LogP contribution in [0.25, 0.3) is 12.2 Å². The SMILES string of the molecule is CC1(C)CCC(C)(C)c2cc(CSc3nccs3)c(C=Cc3ccc(C(=O)O)cc3)cc21. The van der Waals surface area contributed by atoms with Gasteiger partial charge in [0, 0.05) is 17.3 Å². The molecule has 0 bridgehead atoms. The summed E-state index contributed by atoms with van der Waals surface area (Å²) in [6, 6.07) is 11.8. The molecule has 3 nitrogen and oxygen atoms in total. The van der Waals surface area contributed by atoms with E-state index >= 15 is 0 Å². The molecule has 0 fully saturated rings. The largest absolute Gasteiger partial charge is 0.478 e. The van der Waals surface area contributed by atoms with E-state index in [1.54, 1.807) is 35.2 Å². The van der Waals surface area contributed by atoms with Crippen LogP contribution in [-0.4, -0.2) is 16.1 Å². The van der Waals surface area contributed by atoms with Crippen LogP contribution in [-0.2, 0) is 16.6 Å². The van der Waals surface area contributed by atoms with Crippen molar-refractivity contribution < 1.29 is 9.90 Å². The molecule has 1 aromatic heterocycles. The fourth-order valence-electron chi connectivity index (χ4n) is 4.30. The summed E-state index contributed by atoms with van der Waals surface area (Å²) in [6.07, 6.45) is 8.47. The van der Waals surface area contributed by atoms with Gasteiger partial charge in [0.05, 0.1) is 5.56 Å². The van der Waals surface area contributed by atoms with Crippen LogP contribution in [0.2, 0.25) is 0 Å². The average Bonchev–Trinajstić information content (AvgIpc) is 3.28. The molecular weight excluding hydrogens is 434 g/mol. The molecule has 0 saturated carbocycles. The van der Waals surface area contributed by atoms with Gasteiger partial charge in [-0.05, 0) is 63.6 Å². The van der Waals surface area contributed by atoms with Gasteiger partial charge >= 0.3 is 5.97 Å². The van der Waals surface area contributed by atoms with Crippen LogP contribution in [0, 0.1) is 0 Å². The lowest BCUT2D eigenvalue weighted by Gasteiger charge is -2.42. The number of hydrogen-bond donors (Lipinski definition) is 1. The first kappa shape index (κ1) is 22.8. The number of thiazole rings is 1. The number of thioether (sulfide) groups is 1. The Bertz CT molecular complexity index is 1140. The van der Waals surface area contributed by atoms with Crippen LogP contribution in [0.1, 0.15) is 78.7 Å². The Morgan fingerprint density at radius 2 is 1.72 bits per heavy atom. The van der Waals surface area contributed by atoms with Crippen molar-refractivity contribution in [2.75, 3.05) is 0 Å². The minimum absolute atomic E-state index is 0.150. The van der Waals surface area contributed by atoms with Gasteiger partial charge in [0.25, 0.3) is 0 Å². The van der Waals surface area contributed by atoms with Crippen molar-refractivity contribution in [1.29, 1.82) is 0 Å². The first-order chi connectivity index (χ1) is 15.2. The van der Waals surface area contributed by atoms with Crippen molar-refractivity contribution >= 4 is 41.2 Å². The lowest BCUT2D eigenvalue weighted by atomic mass is 9.62. The van der Waals surface area contributed by atoms with Crippen LogP contribution in [0.4, 0.5) is 0 Å². The summed E-state index contributed by atoms with van der Waals surface area (Å²) in [4.78, 5) is 15.6. The average molecular weight is 464 g/mol. The van der Waals surface area contributed by atoms with Crippen molar-refractivity contribution in [3.63, 3.8) is 0 Å². The number of nitrogens with zero attached hydrogens (tertiary/aromatic N) is 1. The van der Waals surface area contributed by atoms with Gasteiger partial charge in [0.1, 0.15) is 4.34 Å². The summed E-state index contributed by atoms with van der Waals surface area (Å²) in [7, 11) is 0. The maximum Gasteiger partial charge on any atom is 0.335 e. The maximum absolute atomic E-state index is 11.1. The number of benzene rings is 2. The molecule has 0 saturated heterocycles. The fourth-order valence-corrected chi connectivity index (χ4v) is 5.94. The first-order valence-electron chi connectivity index (χ1n) is 10.9. The quantitative estimate of drug-likeness (QED) is 0.301. The zero-order valence-electron chi connectivity index (χ0n) is 19.0. The number of aromatic nitrogens is 1. The number of fused-ring (bicyclic) bond motifs is 1. The van der Waals surface area contributed by atoms with Crippen LogP contribution >= 0.6 is 23.1 Å². The van der Waals surface area contributed by atoms with E-state index in [0.717, 1.165) is 15.7 Å². The molecule has 1 N–H and O–H groups in total. The smallest absolute Gasteiger partial charge is 0.335 e. The zero-order chi connectivity index (χ0) is 22.9. The van der Waals surface area contributed by atoms with E-state index < -0.39 is 5.97 Å². The van der Waals surface area contributed by atoms with Crippen LogP contribution in [0.3, 0.4) is 0 Å². The first-order valence-corrected chi connectivity index (χ1v) is 12.7. The van der Waals surface area contributed by atoms with E-state index in [0.29, 0.717) is 5.56 Å². The van der Waals surface area contributed by atoms with E-state index in [1.807, 2.05) is 23.7 Å². The maximum atomic E-state index is 11.1. The molecule has 5 heteroatoms. The molecule has 0 radical (unpaired) electrons. The highest BCUT2D eigenvalue weighted by atomic mass is 32.2. The number of aromatic carboxylic acids is 1. The number of carboxylic acid groups (broad SMARTS) is 1. The highest BCUT2D eigenvalue weighted by Gasteiger charge is 2.37. The van der Waals surface area contributed by atoms with Gasteiger partial charge in [-0.2, -0.15) is 0 Å². The highest BCUT2D eigenvalue weighted by molar-refractivity contribution is 8.00. The van der Waals surface area contributed by atoms with E-state index in [1.165, 1.54) is 35.1 Å².